The van der Waals surface area contributed by atoms with Crippen molar-refractivity contribution in [2.24, 2.45) is 5.92 Å². The summed E-state index contributed by atoms with van der Waals surface area (Å²) in [6, 6.07) is 5.20. The number of ether oxygens (including phenoxy) is 1. The Kier molecular flexibility index (Phi) is 5.79. The van der Waals surface area contributed by atoms with Gasteiger partial charge in [-0.1, -0.05) is 6.07 Å². The highest BCUT2D eigenvalue weighted by Gasteiger charge is 2.34. The lowest BCUT2D eigenvalue weighted by molar-refractivity contribution is -0.119. The van der Waals surface area contributed by atoms with E-state index in [0.717, 1.165) is 12.8 Å². The van der Waals surface area contributed by atoms with Crippen LogP contribution in [-0.4, -0.2) is 26.1 Å². The van der Waals surface area contributed by atoms with Crippen LogP contribution in [0, 0.1) is 5.92 Å². The molecule has 6 heteroatoms. The Hall–Kier alpha value is -1.16. The number of ketones is 1. The van der Waals surface area contributed by atoms with Gasteiger partial charge in [-0.3, -0.25) is 9.36 Å². The van der Waals surface area contributed by atoms with Crippen LogP contribution in [0.4, 0.5) is 0 Å². The van der Waals surface area contributed by atoms with Crippen LogP contribution < -0.4 is 10.0 Å². The second-order valence-electron chi connectivity index (χ2n) is 5.25. The van der Waals surface area contributed by atoms with Gasteiger partial charge in [0.15, 0.2) is 0 Å². The molecule has 22 heavy (non-hydrogen) atoms. The standard InChI is InChI=1S/C16H23O5P/c1-4-20-22(18,21-5-2)16-11-14(19-3)9-8-13(16)10-15(17)12-6-7-12/h8-9,11-12H,4-7,10H2,1-3H3. The topological polar surface area (TPSA) is 61.8 Å². The van der Waals surface area contributed by atoms with Gasteiger partial charge in [0.25, 0.3) is 0 Å². The zero-order chi connectivity index (χ0) is 16.2. The predicted molar refractivity (Wildman–Crippen MR) is 84.9 cm³/mol. The van der Waals surface area contributed by atoms with Crippen molar-refractivity contribution in [3.8, 4) is 5.75 Å². The summed E-state index contributed by atoms with van der Waals surface area (Å²) >= 11 is 0. The maximum Gasteiger partial charge on any atom is 0.361 e. The molecule has 1 saturated carbocycles. The molecule has 0 spiro atoms. The first-order valence-corrected chi connectivity index (χ1v) is 9.17. The molecule has 122 valence electrons. The summed E-state index contributed by atoms with van der Waals surface area (Å²) in [7, 11) is -1.91. The number of carbonyl (C=O) groups excluding carboxylic acids is 1. The molecule has 0 aromatic heterocycles. The van der Waals surface area contributed by atoms with Crippen LogP contribution in [0.3, 0.4) is 0 Å². The lowest BCUT2D eigenvalue weighted by Crippen LogP contribution is -2.19. The monoisotopic (exact) mass is 326 g/mol. The first kappa shape index (κ1) is 17.2. The van der Waals surface area contributed by atoms with E-state index in [1.54, 1.807) is 39.2 Å². The zero-order valence-corrected chi connectivity index (χ0v) is 14.2. The largest absolute Gasteiger partial charge is 0.497 e. The normalized spacial score (nSPS) is 14.9. The number of Topliss-reactive ketones (excluding diaryl/α,β-unsaturated/α-hetero) is 1. The maximum absolute atomic E-state index is 13.1. The first-order chi connectivity index (χ1) is 10.5. The molecule has 0 amide bonds. The summed E-state index contributed by atoms with van der Waals surface area (Å²) in [4.78, 5) is 12.1. The molecule has 1 aliphatic carbocycles. The third-order valence-electron chi connectivity index (χ3n) is 3.58. The fourth-order valence-corrected chi connectivity index (χ4v) is 4.15. The Bertz CT molecular complexity index is 570. The summed E-state index contributed by atoms with van der Waals surface area (Å²) in [5.41, 5.74) is 0.697. The van der Waals surface area contributed by atoms with Gasteiger partial charge in [0.1, 0.15) is 11.5 Å². The van der Waals surface area contributed by atoms with Crippen LogP contribution in [0.2, 0.25) is 0 Å². The minimum atomic E-state index is -3.45. The molecular formula is C16H23O5P. The molecule has 5 nitrogen and oxygen atoms in total. The minimum Gasteiger partial charge on any atom is -0.497 e. The number of carbonyl (C=O) groups is 1. The minimum absolute atomic E-state index is 0.161. The van der Waals surface area contributed by atoms with Gasteiger partial charge in [0.05, 0.1) is 25.6 Å². The highest BCUT2D eigenvalue weighted by molar-refractivity contribution is 7.62. The smallest absolute Gasteiger partial charge is 0.361 e. The molecule has 0 unspecified atom stereocenters. The molecule has 0 saturated heterocycles. The predicted octanol–water partition coefficient (Wildman–Crippen LogP) is 3.11. The van der Waals surface area contributed by atoms with Gasteiger partial charge in [-0.2, -0.15) is 0 Å². The van der Waals surface area contributed by atoms with Crippen molar-refractivity contribution in [2.45, 2.75) is 33.1 Å². The summed E-state index contributed by atoms with van der Waals surface area (Å²) < 4.78 is 29.1. The molecule has 0 aliphatic heterocycles. The lowest BCUT2D eigenvalue weighted by Gasteiger charge is -2.20. The van der Waals surface area contributed by atoms with Gasteiger partial charge in [0, 0.05) is 12.3 Å². The lowest BCUT2D eigenvalue weighted by atomic mass is 10.1. The molecular weight excluding hydrogens is 303 g/mol. The number of hydrogen-bond acceptors (Lipinski definition) is 5. The van der Waals surface area contributed by atoms with Crippen molar-refractivity contribution >= 4 is 18.7 Å². The van der Waals surface area contributed by atoms with Gasteiger partial charge in [-0.05, 0) is 44.4 Å². The van der Waals surface area contributed by atoms with Gasteiger partial charge >= 0.3 is 7.60 Å². The van der Waals surface area contributed by atoms with Gasteiger partial charge in [0.2, 0.25) is 0 Å². The molecule has 0 heterocycles. The molecule has 0 bridgehead atoms. The molecule has 0 atom stereocenters. The van der Waals surface area contributed by atoms with Crippen molar-refractivity contribution in [2.75, 3.05) is 20.3 Å². The number of hydrogen-bond donors (Lipinski definition) is 0. The van der Waals surface area contributed by atoms with E-state index in [0.29, 0.717) is 16.6 Å². The van der Waals surface area contributed by atoms with E-state index in [1.807, 2.05) is 0 Å². The summed E-state index contributed by atoms with van der Waals surface area (Å²) in [6.07, 6.45) is 2.17. The fraction of sp³-hybridized carbons (Fsp3) is 0.562. The Morgan fingerprint density at radius 1 is 1.23 bits per heavy atom. The maximum atomic E-state index is 13.1. The Labute approximate surface area is 131 Å². The molecule has 1 aromatic carbocycles. The van der Waals surface area contributed by atoms with E-state index in [1.165, 1.54) is 0 Å². The number of methoxy groups -OCH3 is 1. The first-order valence-electron chi connectivity index (χ1n) is 7.63. The van der Waals surface area contributed by atoms with E-state index >= 15 is 0 Å². The van der Waals surface area contributed by atoms with Crippen molar-refractivity contribution in [1.82, 2.24) is 0 Å². The van der Waals surface area contributed by atoms with Crippen molar-refractivity contribution in [1.29, 1.82) is 0 Å². The van der Waals surface area contributed by atoms with Crippen LogP contribution in [0.5, 0.6) is 5.75 Å². The zero-order valence-electron chi connectivity index (χ0n) is 13.3. The van der Waals surface area contributed by atoms with E-state index < -0.39 is 7.60 Å². The quantitative estimate of drug-likeness (QED) is 0.653. The van der Waals surface area contributed by atoms with Crippen molar-refractivity contribution < 1.29 is 23.1 Å². The molecule has 2 rings (SSSR count). The van der Waals surface area contributed by atoms with E-state index in [2.05, 4.69) is 0 Å². The average Bonchev–Trinajstić information content (AvgIpc) is 3.32. The molecule has 1 aliphatic rings. The fourth-order valence-electron chi connectivity index (χ4n) is 2.33. The van der Waals surface area contributed by atoms with E-state index in [9.17, 15) is 9.36 Å². The number of benzene rings is 1. The highest BCUT2D eigenvalue weighted by atomic mass is 31.2. The van der Waals surface area contributed by atoms with Crippen molar-refractivity contribution in [3.05, 3.63) is 23.8 Å². The van der Waals surface area contributed by atoms with Gasteiger partial charge in [-0.15, -0.1) is 0 Å². The van der Waals surface area contributed by atoms with Gasteiger partial charge in [-0.25, -0.2) is 0 Å². The summed E-state index contributed by atoms with van der Waals surface area (Å²) in [5, 5.41) is 0.435. The van der Waals surface area contributed by atoms with Crippen LogP contribution >= 0.6 is 7.60 Å². The second kappa shape index (κ2) is 7.40. The Morgan fingerprint density at radius 2 is 1.86 bits per heavy atom. The van der Waals surface area contributed by atoms with Crippen LogP contribution in [0.1, 0.15) is 32.3 Å². The summed E-state index contributed by atoms with van der Waals surface area (Å²) in [5.74, 6) is 0.914. The van der Waals surface area contributed by atoms with Crippen LogP contribution in [0.25, 0.3) is 0 Å². The van der Waals surface area contributed by atoms with Crippen molar-refractivity contribution in [3.63, 3.8) is 0 Å². The third-order valence-corrected chi connectivity index (χ3v) is 5.79. The van der Waals surface area contributed by atoms with Gasteiger partial charge < -0.3 is 13.8 Å². The van der Waals surface area contributed by atoms with E-state index in [-0.39, 0.29) is 31.3 Å². The second-order valence-corrected chi connectivity index (χ2v) is 7.24. The molecule has 0 N–H and O–H groups in total. The molecule has 1 aromatic rings. The Balaban J connectivity index is 2.39. The number of rotatable bonds is 9. The molecule has 1 fully saturated rings. The SMILES string of the molecule is CCOP(=O)(OCC)c1cc(OC)ccc1CC(=O)C1CC1. The van der Waals surface area contributed by atoms with Crippen LogP contribution in [0.15, 0.2) is 18.2 Å². The highest BCUT2D eigenvalue weighted by Crippen LogP contribution is 2.48. The molecule has 0 radical (unpaired) electrons. The Morgan fingerprint density at radius 3 is 2.36 bits per heavy atom. The average molecular weight is 326 g/mol. The summed E-state index contributed by atoms with van der Waals surface area (Å²) in [6.45, 7) is 4.07. The van der Waals surface area contributed by atoms with Crippen LogP contribution in [-0.2, 0) is 24.8 Å². The van der Waals surface area contributed by atoms with E-state index in [4.69, 9.17) is 13.8 Å². The third kappa shape index (κ3) is 3.97.